The summed E-state index contributed by atoms with van der Waals surface area (Å²) in [7, 11) is 0. The topological polar surface area (TPSA) is 65.3 Å². The molecular formula is C18H14N4O. The zero-order valence-electron chi connectivity index (χ0n) is 12.3. The molecule has 3 rings (SSSR count). The van der Waals surface area contributed by atoms with Gasteiger partial charge in [0.15, 0.2) is 5.69 Å². The molecule has 112 valence electrons. The number of rotatable bonds is 3. The van der Waals surface area contributed by atoms with Crippen LogP contribution >= 0.6 is 0 Å². The Morgan fingerprint density at radius 2 is 1.78 bits per heavy atom. The second-order valence-corrected chi connectivity index (χ2v) is 5.07. The van der Waals surface area contributed by atoms with Crippen LogP contribution in [0, 0.1) is 6.57 Å². The van der Waals surface area contributed by atoms with Gasteiger partial charge in [0.05, 0.1) is 18.8 Å². The molecule has 5 heteroatoms. The largest absolute Gasteiger partial charge is 0.369 e. The Bertz CT molecular complexity index is 922. The molecule has 0 bridgehead atoms. The molecule has 0 atom stereocenters. The van der Waals surface area contributed by atoms with Gasteiger partial charge in [-0.3, -0.25) is 9.36 Å². The van der Waals surface area contributed by atoms with E-state index in [-0.39, 0.29) is 11.5 Å². The third-order valence-electron chi connectivity index (χ3n) is 3.51. The minimum absolute atomic E-state index is 0.172. The number of benzene rings is 2. The first kappa shape index (κ1) is 14.5. The van der Waals surface area contributed by atoms with Gasteiger partial charge in [0.1, 0.15) is 0 Å². The summed E-state index contributed by atoms with van der Waals surface area (Å²) in [5, 5.41) is 0. The number of hydrogen-bond acceptors (Lipinski definition) is 3. The van der Waals surface area contributed by atoms with Crippen LogP contribution < -0.4 is 11.3 Å². The first-order valence-corrected chi connectivity index (χ1v) is 7.06. The van der Waals surface area contributed by atoms with Crippen LogP contribution in [0.25, 0.3) is 16.1 Å². The molecule has 0 aliphatic rings. The van der Waals surface area contributed by atoms with Crippen molar-refractivity contribution in [3.05, 3.63) is 88.0 Å². The molecule has 0 unspecified atom stereocenters. The molecule has 2 N–H and O–H groups in total. The predicted molar refractivity (Wildman–Crippen MR) is 90.2 cm³/mol. The fourth-order valence-corrected chi connectivity index (χ4v) is 2.30. The highest BCUT2D eigenvalue weighted by Gasteiger charge is 2.08. The van der Waals surface area contributed by atoms with Crippen molar-refractivity contribution in [2.24, 2.45) is 0 Å². The average molecular weight is 302 g/mol. The summed E-state index contributed by atoms with van der Waals surface area (Å²) in [6.45, 7) is 7.34. The van der Waals surface area contributed by atoms with Crippen LogP contribution in [0.15, 0.2) is 65.5 Å². The third-order valence-corrected chi connectivity index (χ3v) is 3.51. The van der Waals surface area contributed by atoms with Gasteiger partial charge in [0, 0.05) is 6.07 Å². The summed E-state index contributed by atoms with van der Waals surface area (Å²) in [5.74, 6) is 0.172. The molecule has 0 aliphatic heterocycles. The number of nitrogen functional groups attached to an aromatic ring is 1. The second kappa shape index (κ2) is 6.16. The lowest BCUT2D eigenvalue weighted by Crippen LogP contribution is -2.24. The summed E-state index contributed by atoms with van der Waals surface area (Å²) in [6, 6.07) is 18.0. The summed E-state index contributed by atoms with van der Waals surface area (Å²) < 4.78 is 1.44. The van der Waals surface area contributed by atoms with Crippen molar-refractivity contribution in [2.75, 3.05) is 5.73 Å². The third kappa shape index (κ3) is 3.11. The number of anilines is 1. The van der Waals surface area contributed by atoms with E-state index in [9.17, 15) is 4.79 Å². The van der Waals surface area contributed by atoms with Crippen molar-refractivity contribution >= 4 is 11.6 Å². The summed E-state index contributed by atoms with van der Waals surface area (Å²) in [6.07, 6.45) is 0. The van der Waals surface area contributed by atoms with Gasteiger partial charge in [-0.15, -0.1) is 0 Å². The lowest BCUT2D eigenvalue weighted by Gasteiger charge is -2.10. The number of aromatic nitrogens is 2. The van der Waals surface area contributed by atoms with E-state index in [1.54, 1.807) is 24.3 Å². The van der Waals surface area contributed by atoms with Crippen LogP contribution in [-0.2, 0) is 6.54 Å². The molecule has 0 spiro atoms. The fourth-order valence-electron chi connectivity index (χ4n) is 2.30. The first-order chi connectivity index (χ1) is 11.2. The molecule has 0 fully saturated rings. The van der Waals surface area contributed by atoms with Gasteiger partial charge in [-0.1, -0.05) is 54.6 Å². The minimum Gasteiger partial charge on any atom is -0.369 e. The Hall–Kier alpha value is -3.39. The molecule has 1 aromatic heterocycles. The Morgan fingerprint density at radius 3 is 2.39 bits per heavy atom. The standard InChI is InChI=1S/C18H14N4O/c1-20-15-9-7-14(8-10-15)16-11-17(23)22(18(19)21-16)12-13-5-3-2-4-6-13/h2-11H,12H2,(H2,19,21). The van der Waals surface area contributed by atoms with E-state index >= 15 is 0 Å². The summed E-state index contributed by atoms with van der Waals surface area (Å²) in [5.41, 5.74) is 8.55. The van der Waals surface area contributed by atoms with Crippen molar-refractivity contribution in [1.29, 1.82) is 0 Å². The fraction of sp³-hybridized carbons (Fsp3) is 0.0556. The maximum atomic E-state index is 12.4. The molecule has 1 heterocycles. The maximum Gasteiger partial charge on any atom is 0.255 e. The van der Waals surface area contributed by atoms with Crippen LogP contribution in [0.5, 0.6) is 0 Å². The normalized spacial score (nSPS) is 10.2. The van der Waals surface area contributed by atoms with Gasteiger partial charge in [0.2, 0.25) is 5.95 Å². The number of nitrogens with zero attached hydrogens (tertiary/aromatic N) is 3. The second-order valence-electron chi connectivity index (χ2n) is 5.07. The molecule has 0 saturated carbocycles. The Labute approximate surface area is 133 Å². The van der Waals surface area contributed by atoms with Crippen LogP contribution in [0.3, 0.4) is 0 Å². The number of hydrogen-bond donors (Lipinski definition) is 1. The highest BCUT2D eigenvalue weighted by Crippen LogP contribution is 2.20. The number of nitrogens with two attached hydrogens (primary N) is 1. The maximum absolute atomic E-state index is 12.4. The highest BCUT2D eigenvalue weighted by molar-refractivity contribution is 5.63. The highest BCUT2D eigenvalue weighted by atomic mass is 16.1. The predicted octanol–water partition coefficient (Wildman–Crippen LogP) is 3.09. The molecule has 0 amide bonds. The van der Waals surface area contributed by atoms with Gasteiger partial charge < -0.3 is 5.73 Å². The Kier molecular flexibility index (Phi) is 3.89. The quantitative estimate of drug-likeness (QED) is 0.756. The van der Waals surface area contributed by atoms with Gasteiger partial charge >= 0.3 is 0 Å². The van der Waals surface area contributed by atoms with Crippen molar-refractivity contribution in [1.82, 2.24) is 9.55 Å². The Morgan fingerprint density at radius 1 is 1.09 bits per heavy atom. The van der Waals surface area contributed by atoms with E-state index in [4.69, 9.17) is 12.3 Å². The van der Waals surface area contributed by atoms with E-state index in [1.807, 2.05) is 30.3 Å². The molecule has 5 nitrogen and oxygen atoms in total. The van der Waals surface area contributed by atoms with Crippen LogP contribution in [-0.4, -0.2) is 9.55 Å². The van der Waals surface area contributed by atoms with Crippen molar-refractivity contribution < 1.29 is 0 Å². The zero-order chi connectivity index (χ0) is 16.2. The first-order valence-electron chi connectivity index (χ1n) is 7.06. The van der Waals surface area contributed by atoms with Gasteiger partial charge in [-0.05, 0) is 11.1 Å². The average Bonchev–Trinajstić information content (AvgIpc) is 2.59. The lowest BCUT2D eigenvalue weighted by molar-refractivity contribution is 0.753. The molecule has 0 aliphatic carbocycles. The monoisotopic (exact) mass is 302 g/mol. The smallest absolute Gasteiger partial charge is 0.255 e. The molecule has 2 aromatic carbocycles. The lowest BCUT2D eigenvalue weighted by atomic mass is 10.1. The van der Waals surface area contributed by atoms with Gasteiger partial charge in [0.25, 0.3) is 5.56 Å². The van der Waals surface area contributed by atoms with Crippen molar-refractivity contribution in [3.8, 4) is 11.3 Å². The summed E-state index contributed by atoms with van der Waals surface area (Å²) in [4.78, 5) is 20.0. The molecule has 0 radical (unpaired) electrons. The molecule has 3 aromatic rings. The minimum atomic E-state index is -0.203. The van der Waals surface area contributed by atoms with Gasteiger partial charge in [-0.25, -0.2) is 9.83 Å². The molecule has 0 saturated heterocycles. The van der Waals surface area contributed by atoms with Gasteiger partial charge in [-0.2, -0.15) is 0 Å². The molecule has 23 heavy (non-hydrogen) atoms. The Balaban J connectivity index is 1.97. The van der Waals surface area contributed by atoms with Crippen LogP contribution in [0.2, 0.25) is 0 Å². The van der Waals surface area contributed by atoms with Crippen LogP contribution in [0.4, 0.5) is 11.6 Å². The SMILES string of the molecule is [C-]#[N+]c1ccc(-c2cc(=O)n(Cc3ccccc3)c(N)n2)cc1. The van der Waals surface area contributed by atoms with E-state index in [1.165, 1.54) is 10.6 Å². The van der Waals surface area contributed by atoms with Crippen molar-refractivity contribution in [2.45, 2.75) is 6.54 Å². The van der Waals surface area contributed by atoms with Crippen LogP contribution in [0.1, 0.15) is 5.56 Å². The van der Waals surface area contributed by atoms with E-state index in [0.29, 0.717) is 17.9 Å². The molecular weight excluding hydrogens is 288 g/mol. The van der Waals surface area contributed by atoms with Crippen molar-refractivity contribution in [3.63, 3.8) is 0 Å². The zero-order valence-corrected chi connectivity index (χ0v) is 12.3. The van der Waals surface area contributed by atoms with E-state index in [0.717, 1.165) is 11.1 Å². The summed E-state index contributed by atoms with van der Waals surface area (Å²) >= 11 is 0. The van der Waals surface area contributed by atoms with E-state index in [2.05, 4.69) is 9.83 Å². The van der Waals surface area contributed by atoms with E-state index < -0.39 is 0 Å².